The van der Waals surface area contributed by atoms with Crippen molar-refractivity contribution in [2.24, 2.45) is 5.73 Å². The van der Waals surface area contributed by atoms with Crippen LogP contribution in [0, 0.1) is 6.92 Å². The second kappa shape index (κ2) is 4.82. The molecule has 1 aliphatic heterocycles. The number of aryl methyl sites for hydroxylation is 1. The number of rotatable bonds is 3. The average molecular weight is 265 g/mol. The molecular weight excluding hydrogens is 246 g/mol. The van der Waals surface area contributed by atoms with Crippen LogP contribution in [0.3, 0.4) is 0 Å². The smallest absolute Gasteiger partial charge is 0.137 e. The van der Waals surface area contributed by atoms with Crippen LogP contribution in [-0.4, -0.2) is 28.2 Å². The zero-order valence-electron chi connectivity index (χ0n) is 11.0. The van der Waals surface area contributed by atoms with Gasteiger partial charge in [0.2, 0.25) is 0 Å². The molecule has 18 heavy (non-hydrogen) atoms. The summed E-state index contributed by atoms with van der Waals surface area (Å²) in [6.45, 7) is 6.92. The van der Waals surface area contributed by atoms with E-state index < -0.39 is 0 Å². The van der Waals surface area contributed by atoms with Crippen molar-refractivity contribution in [2.75, 3.05) is 11.9 Å². The van der Waals surface area contributed by atoms with E-state index in [1.165, 1.54) is 0 Å². The van der Waals surface area contributed by atoms with Gasteiger partial charge in [-0.1, -0.05) is 12.2 Å². The van der Waals surface area contributed by atoms with E-state index in [4.69, 9.17) is 22.7 Å². The number of pyridine rings is 1. The van der Waals surface area contributed by atoms with Crippen molar-refractivity contribution in [1.82, 2.24) is 4.98 Å². The molecule has 2 atom stereocenters. The molecule has 0 spiro atoms. The van der Waals surface area contributed by atoms with Crippen LogP contribution in [0.4, 0.5) is 5.82 Å². The van der Waals surface area contributed by atoms with Gasteiger partial charge in [-0.15, -0.1) is 0 Å². The first-order valence-corrected chi connectivity index (χ1v) is 6.50. The molecule has 0 aliphatic carbocycles. The highest BCUT2D eigenvalue weighted by Gasteiger charge is 2.37. The minimum Gasteiger partial charge on any atom is -0.389 e. The minimum absolute atomic E-state index is 0.125. The maximum absolute atomic E-state index is 5.74. The molecular formula is C13H19N3OS. The molecule has 2 rings (SSSR count). The van der Waals surface area contributed by atoms with Crippen molar-refractivity contribution in [3.05, 3.63) is 23.4 Å². The van der Waals surface area contributed by atoms with E-state index in [1.807, 2.05) is 19.1 Å². The molecule has 1 saturated heterocycles. The quantitative estimate of drug-likeness (QED) is 0.819. The largest absolute Gasteiger partial charge is 0.389 e. The Labute approximate surface area is 113 Å². The Balaban J connectivity index is 2.33. The standard InChI is InChI=1S/C13H19N3OS/c1-8-4-5-10(11(14)18)12(15-8)16-13(3)6-7-17-9(13)2/h4-5,9H,6-7H2,1-3H3,(H2,14,18)(H,15,16). The van der Waals surface area contributed by atoms with Crippen LogP contribution >= 0.6 is 12.2 Å². The first kappa shape index (κ1) is 13.2. The molecule has 1 aliphatic rings. The molecule has 98 valence electrons. The SMILES string of the molecule is Cc1ccc(C(N)=S)c(NC2(C)CCOC2C)n1. The van der Waals surface area contributed by atoms with Crippen LogP contribution in [0.15, 0.2) is 12.1 Å². The van der Waals surface area contributed by atoms with E-state index in [1.54, 1.807) is 0 Å². The molecule has 0 bridgehead atoms. The summed E-state index contributed by atoms with van der Waals surface area (Å²) in [7, 11) is 0. The van der Waals surface area contributed by atoms with Gasteiger partial charge in [0.1, 0.15) is 10.8 Å². The van der Waals surface area contributed by atoms with Crippen molar-refractivity contribution in [3.63, 3.8) is 0 Å². The van der Waals surface area contributed by atoms with Gasteiger partial charge in [0.25, 0.3) is 0 Å². The van der Waals surface area contributed by atoms with E-state index in [2.05, 4.69) is 24.1 Å². The van der Waals surface area contributed by atoms with E-state index in [0.717, 1.165) is 30.1 Å². The van der Waals surface area contributed by atoms with Gasteiger partial charge in [-0.3, -0.25) is 0 Å². The highest BCUT2D eigenvalue weighted by Crippen LogP contribution is 2.30. The number of aromatic nitrogens is 1. The summed E-state index contributed by atoms with van der Waals surface area (Å²) in [5.41, 5.74) is 7.34. The zero-order valence-corrected chi connectivity index (χ0v) is 11.8. The Hall–Kier alpha value is -1.20. The molecule has 5 heteroatoms. The highest BCUT2D eigenvalue weighted by atomic mass is 32.1. The van der Waals surface area contributed by atoms with E-state index in [9.17, 15) is 0 Å². The van der Waals surface area contributed by atoms with Crippen LogP contribution in [0.1, 0.15) is 31.5 Å². The normalized spacial score (nSPS) is 27.2. The van der Waals surface area contributed by atoms with Crippen molar-refractivity contribution < 1.29 is 4.74 Å². The zero-order chi connectivity index (χ0) is 13.3. The number of nitrogens with zero attached hydrogens (tertiary/aromatic N) is 1. The molecule has 0 aromatic carbocycles. The maximum Gasteiger partial charge on any atom is 0.137 e. The summed E-state index contributed by atoms with van der Waals surface area (Å²) in [6, 6.07) is 3.83. The predicted molar refractivity (Wildman–Crippen MR) is 76.9 cm³/mol. The topological polar surface area (TPSA) is 60.2 Å². The number of nitrogens with two attached hydrogens (primary N) is 1. The van der Waals surface area contributed by atoms with Gasteiger partial charge >= 0.3 is 0 Å². The van der Waals surface area contributed by atoms with Crippen LogP contribution < -0.4 is 11.1 Å². The van der Waals surface area contributed by atoms with E-state index >= 15 is 0 Å². The number of ether oxygens (including phenoxy) is 1. The Bertz CT molecular complexity index is 477. The summed E-state index contributed by atoms with van der Waals surface area (Å²) in [4.78, 5) is 4.86. The molecule has 1 aromatic heterocycles. The lowest BCUT2D eigenvalue weighted by atomic mass is 9.94. The van der Waals surface area contributed by atoms with Crippen molar-refractivity contribution in [1.29, 1.82) is 0 Å². The molecule has 0 amide bonds. The monoisotopic (exact) mass is 265 g/mol. The fourth-order valence-corrected chi connectivity index (χ4v) is 2.29. The van der Waals surface area contributed by atoms with E-state index in [0.29, 0.717) is 4.99 Å². The molecule has 1 aromatic rings. The lowest BCUT2D eigenvalue weighted by molar-refractivity contribution is 0.105. The van der Waals surface area contributed by atoms with Gasteiger partial charge < -0.3 is 15.8 Å². The first-order chi connectivity index (χ1) is 8.42. The molecule has 2 unspecified atom stereocenters. The lowest BCUT2D eigenvalue weighted by Crippen LogP contribution is -2.42. The number of hydrogen-bond donors (Lipinski definition) is 2. The minimum atomic E-state index is -0.125. The number of hydrogen-bond acceptors (Lipinski definition) is 4. The number of nitrogens with one attached hydrogen (secondary N) is 1. The molecule has 0 saturated carbocycles. The number of thiocarbonyl (C=S) groups is 1. The van der Waals surface area contributed by atoms with Crippen molar-refractivity contribution in [3.8, 4) is 0 Å². The second-order valence-corrected chi connectivity index (χ2v) is 5.46. The Morgan fingerprint density at radius 3 is 2.89 bits per heavy atom. The van der Waals surface area contributed by atoms with Crippen LogP contribution in [0.25, 0.3) is 0 Å². The second-order valence-electron chi connectivity index (χ2n) is 5.02. The lowest BCUT2D eigenvalue weighted by Gasteiger charge is -2.30. The van der Waals surface area contributed by atoms with Gasteiger partial charge in [-0.05, 0) is 39.3 Å². The first-order valence-electron chi connectivity index (χ1n) is 6.09. The van der Waals surface area contributed by atoms with Gasteiger partial charge in [0.05, 0.1) is 17.2 Å². The average Bonchev–Trinajstić information content (AvgIpc) is 2.58. The molecule has 1 fully saturated rings. The Kier molecular flexibility index (Phi) is 3.54. The maximum atomic E-state index is 5.74. The molecule has 0 radical (unpaired) electrons. The molecule has 4 nitrogen and oxygen atoms in total. The summed E-state index contributed by atoms with van der Waals surface area (Å²) >= 11 is 5.07. The fourth-order valence-electron chi connectivity index (χ4n) is 2.12. The summed E-state index contributed by atoms with van der Waals surface area (Å²) in [5.74, 6) is 0.752. The van der Waals surface area contributed by atoms with Gasteiger partial charge in [0.15, 0.2) is 0 Å². The van der Waals surface area contributed by atoms with Crippen LogP contribution in [0.5, 0.6) is 0 Å². The summed E-state index contributed by atoms with van der Waals surface area (Å²) < 4.78 is 5.62. The number of anilines is 1. The molecule has 2 heterocycles. The third-order valence-electron chi connectivity index (χ3n) is 3.59. The fraction of sp³-hybridized carbons (Fsp3) is 0.538. The Morgan fingerprint density at radius 2 is 2.33 bits per heavy atom. The van der Waals surface area contributed by atoms with Crippen LogP contribution in [-0.2, 0) is 4.74 Å². The molecule has 3 N–H and O–H groups in total. The van der Waals surface area contributed by atoms with Gasteiger partial charge in [-0.2, -0.15) is 0 Å². The third-order valence-corrected chi connectivity index (χ3v) is 3.81. The van der Waals surface area contributed by atoms with Gasteiger partial charge in [0, 0.05) is 12.3 Å². The van der Waals surface area contributed by atoms with E-state index in [-0.39, 0.29) is 11.6 Å². The third kappa shape index (κ3) is 2.47. The Morgan fingerprint density at radius 1 is 1.61 bits per heavy atom. The summed E-state index contributed by atoms with van der Waals surface area (Å²) in [6.07, 6.45) is 1.08. The van der Waals surface area contributed by atoms with Crippen molar-refractivity contribution >= 4 is 23.0 Å². The van der Waals surface area contributed by atoms with Crippen molar-refractivity contribution in [2.45, 2.75) is 38.8 Å². The predicted octanol–water partition coefficient (Wildman–Crippen LogP) is 2.00. The highest BCUT2D eigenvalue weighted by molar-refractivity contribution is 7.80. The summed E-state index contributed by atoms with van der Waals surface area (Å²) in [5, 5.41) is 3.45. The van der Waals surface area contributed by atoms with Gasteiger partial charge in [-0.25, -0.2) is 4.98 Å². The van der Waals surface area contributed by atoms with Crippen LogP contribution in [0.2, 0.25) is 0 Å².